The van der Waals surface area contributed by atoms with E-state index < -0.39 is 23.3 Å². The van der Waals surface area contributed by atoms with E-state index >= 15 is 8.78 Å². The van der Waals surface area contributed by atoms with Crippen LogP contribution in [-0.2, 0) is 4.74 Å². The minimum atomic E-state index is -0.725. The van der Waals surface area contributed by atoms with E-state index in [0.29, 0.717) is 40.7 Å². The number of piperazine rings is 1. The molecule has 4 aromatic rings. The largest absolute Gasteiger partial charge is 0.472 e. The van der Waals surface area contributed by atoms with Gasteiger partial charge in [0.25, 0.3) is 0 Å². The van der Waals surface area contributed by atoms with Gasteiger partial charge in [-0.15, -0.1) is 6.42 Å². The van der Waals surface area contributed by atoms with Crippen molar-refractivity contribution in [3.05, 3.63) is 59.7 Å². The van der Waals surface area contributed by atoms with Crippen LogP contribution in [0.15, 0.2) is 42.5 Å². The summed E-state index contributed by atoms with van der Waals surface area (Å²) >= 11 is 0. The number of amides is 1. The normalized spacial score (nSPS) is 26.3. The second-order valence-electron chi connectivity index (χ2n) is 16.2. The first-order chi connectivity index (χ1) is 25.4. The molecular formula is C41H42F2N6O4. The molecular weight excluding hydrogens is 678 g/mol. The number of fused-ring (bicyclic) bond motifs is 7. The highest BCUT2D eigenvalue weighted by atomic mass is 19.1. The van der Waals surface area contributed by atoms with Crippen molar-refractivity contribution in [3.8, 4) is 35.5 Å². The van der Waals surface area contributed by atoms with E-state index in [2.05, 4.69) is 22.3 Å². The molecule has 4 fully saturated rings. The third-order valence-corrected chi connectivity index (χ3v) is 11.7. The minimum Gasteiger partial charge on any atom is -0.472 e. The van der Waals surface area contributed by atoms with Crippen LogP contribution in [0.4, 0.5) is 19.4 Å². The molecule has 4 saturated heterocycles. The average Bonchev–Trinajstić information content (AvgIpc) is 3.72. The molecule has 0 N–H and O–H groups in total. The summed E-state index contributed by atoms with van der Waals surface area (Å²) < 4.78 is 51.5. The van der Waals surface area contributed by atoms with E-state index in [4.69, 9.17) is 35.6 Å². The lowest BCUT2D eigenvalue weighted by atomic mass is 9.94. The Morgan fingerprint density at radius 2 is 1.98 bits per heavy atom. The van der Waals surface area contributed by atoms with Crippen LogP contribution in [0.3, 0.4) is 0 Å². The van der Waals surface area contributed by atoms with Crippen LogP contribution >= 0.6 is 0 Å². The van der Waals surface area contributed by atoms with Crippen LogP contribution in [0.25, 0.3) is 32.9 Å². The number of carbonyl (C=O) groups is 1. The predicted molar refractivity (Wildman–Crippen MR) is 197 cm³/mol. The number of benzene rings is 2. The summed E-state index contributed by atoms with van der Waals surface area (Å²) in [6.07, 6.45) is 9.27. The van der Waals surface area contributed by atoms with Crippen molar-refractivity contribution in [2.24, 2.45) is 0 Å². The summed E-state index contributed by atoms with van der Waals surface area (Å²) in [4.78, 5) is 34.6. The van der Waals surface area contributed by atoms with Crippen molar-refractivity contribution in [1.82, 2.24) is 24.8 Å². The van der Waals surface area contributed by atoms with E-state index in [1.54, 1.807) is 24.3 Å². The topological polar surface area (TPSA) is 93.2 Å². The number of pyridine rings is 1. The van der Waals surface area contributed by atoms with Crippen LogP contribution in [0.1, 0.15) is 65.4 Å². The predicted octanol–water partition coefficient (Wildman–Crippen LogP) is 7.02. The molecule has 0 unspecified atom stereocenters. The van der Waals surface area contributed by atoms with Crippen LogP contribution in [0.2, 0.25) is 0 Å². The van der Waals surface area contributed by atoms with Gasteiger partial charge in [0.2, 0.25) is 5.88 Å². The van der Waals surface area contributed by atoms with Gasteiger partial charge in [-0.25, -0.2) is 18.6 Å². The fraction of sp³-hybridized carbons (Fsp3) is 0.463. The Hall–Kier alpha value is -5.02. The third kappa shape index (κ3) is 5.30. The molecule has 10 nitrogen and oxygen atoms in total. The van der Waals surface area contributed by atoms with Crippen molar-refractivity contribution in [2.45, 2.75) is 95.2 Å². The Labute approximate surface area is 307 Å². The van der Waals surface area contributed by atoms with Crippen molar-refractivity contribution in [2.75, 3.05) is 31.1 Å². The minimum absolute atomic E-state index is 0.0147. The SMILES string of the molecule is C#Cc1c(F)ccc2cccc(-c3nc4c5c(nc(OC[C@@]67CCCN6CC(=C)C7)nc5c3F)N3C[C@H]5CC[C@@H]([C@H]3[C@H](C)O4)N5C(=O)OC(C)(C)C)c12. The summed E-state index contributed by atoms with van der Waals surface area (Å²) in [5.74, 6) is 1.73. The highest BCUT2D eigenvalue weighted by molar-refractivity contribution is 6.03. The maximum Gasteiger partial charge on any atom is 0.410 e. The number of hydrogen-bond acceptors (Lipinski definition) is 9. The van der Waals surface area contributed by atoms with Crippen LogP contribution in [-0.4, -0.2) is 92.5 Å². The maximum absolute atomic E-state index is 17.4. The van der Waals surface area contributed by atoms with E-state index in [1.165, 1.54) is 6.07 Å². The highest BCUT2D eigenvalue weighted by Gasteiger charge is 2.54. The standard InChI is InChI=1S/C41H42F2N6O4/c1-7-26-28(42)14-12-24-10-8-11-27(30(24)26)33-32(43)34-31-36(46-38(45-34)51-21-41-16-9-17-47(41)19-22(2)18-41)48-20-25-13-15-29(35(48)23(3)52-37(31)44-33)49(25)39(50)53-40(4,5)6/h1,8,10-12,14,23,25,29,35H,2,9,13,15-21H2,3-6H3/t23-,25+,29-,35+,41-/m0/s1. The number of carbonyl (C=O) groups excluding carboxylic acids is 1. The molecule has 12 heteroatoms. The summed E-state index contributed by atoms with van der Waals surface area (Å²) in [5.41, 5.74) is 0.512. The fourth-order valence-corrected chi connectivity index (χ4v) is 9.60. The van der Waals surface area contributed by atoms with Gasteiger partial charge in [0.15, 0.2) is 5.82 Å². The van der Waals surface area contributed by atoms with Crippen LogP contribution in [0, 0.1) is 24.0 Å². The maximum atomic E-state index is 17.4. The lowest BCUT2D eigenvalue weighted by Gasteiger charge is -2.48. The molecule has 0 radical (unpaired) electrons. The van der Waals surface area contributed by atoms with Gasteiger partial charge in [0, 0.05) is 24.0 Å². The van der Waals surface area contributed by atoms with Gasteiger partial charge in [-0.3, -0.25) is 9.80 Å². The number of halogens is 2. The molecule has 0 aliphatic carbocycles. The lowest BCUT2D eigenvalue weighted by molar-refractivity contribution is 0.000937. The van der Waals surface area contributed by atoms with Crippen molar-refractivity contribution in [3.63, 3.8) is 0 Å². The summed E-state index contributed by atoms with van der Waals surface area (Å²) in [5, 5.41) is 1.32. The summed E-state index contributed by atoms with van der Waals surface area (Å²) in [7, 11) is 0. The van der Waals surface area contributed by atoms with Gasteiger partial charge in [-0.05, 0) is 77.8 Å². The zero-order valence-corrected chi connectivity index (χ0v) is 30.4. The highest BCUT2D eigenvalue weighted by Crippen LogP contribution is 2.48. The second kappa shape index (κ2) is 12.0. The number of hydrogen-bond donors (Lipinski definition) is 0. The Kier molecular flexibility index (Phi) is 7.65. The first-order valence-corrected chi connectivity index (χ1v) is 18.4. The number of nitrogens with zero attached hydrogens (tertiary/aromatic N) is 6. The van der Waals surface area contributed by atoms with E-state index in [9.17, 15) is 4.79 Å². The zero-order chi connectivity index (χ0) is 37.0. The quantitative estimate of drug-likeness (QED) is 0.163. The van der Waals surface area contributed by atoms with E-state index in [0.717, 1.165) is 50.8 Å². The number of ether oxygens (including phenoxy) is 3. The Morgan fingerprint density at radius 1 is 1.15 bits per heavy atom. The molecule has 1 amide bonds. The first-order valence-electron chi connectivity index (χ1n) is 18.4. The summed E-state index contributed by atoms with van der Waals surface area (Å²) in [6.45, 7) is 14.3. The van der Waals surface area contributed by atoms with Gasteiger partial charge in [-0.2, -0.15) is 9.97 Å². The smallest absolute Gasteiger partial charge is 0.410 e. The van der Waals surface area contributed by atoms with Gasteiger partial charge >= 0.3 is 12.1 Å². The van der Waals surface area contributed by atoms with Gasteiger partial charge in [0.05, 0.1) is 29.2 Å². The first kappa shape index (κ1) is 33.8. The van der Waals surface area contributed by atoms with Gasteiger partial charge in [0.1, 0.15) is 46.5 Å². The molecule has 53 heavy (non-hydrogen) atoms. The molecule has 2 bridgehead atoms. The molecule has 5 atom stereocenters. The Balaban J connectivity index is 1.22. The third-order valence-electron chi connectivity index (χ3n) is 11.7. The van der Waals surface area contributed by atoms with Gasteiger partial charge in [-0.1, -0.05) is 42.3 Å². The molecule has 5 aliphatic rings. The molecule has 0 spiro atoms. The van der Waals surface area contributed by atoms with Gasteiger partial charge < -0.3 is 19.1 Å². The Bertz CT molecular complexity index is 2270. The van der Waals surface area contributed by atoms with Crippen molar-refractivity contribution >= 4 is 33.6 Å². The molecule has 2 aromatic heterocycles. The lowest BCUT2D eigenvalue weighted by Crippen LogP contribution is -2.65. The average molecular weight is 721 g/mol. The summed E-state index contributed by atoms with van der Waals surface area (Å²) in [6, 6.07) is 7.40. The number of terminal acetylenes is 1. The van der Waals surface area contributed by atoms with Crippen molar-refractivity contribution < 1.29 is 27.8 Å². The van der Waals surface area contributed by atoms with E-state index in [1.807, 2.05) is 32.6 Å². The van der Waals surface area contributed by atoms with Crippen LogP contribution < -0.4 is 14.4 Å². The van der Waals surface area contributed by atoms with Crippen molar-refractivity contribution in [1.29, 1.82) is 0 Å². The second-order valence-corrected chi connectivity index (χ2v) is 16.2. The number of aromatic nitrogens is 3. The number of rotatable bonds is 4. The zero-order valence-electron chi connectivity index (χ0n) is 30.4. The number of anilines is 1. The van der Waals surface area contributed by atoms with E-state index in [-0.39, 0.29) is 58.4 Å². The van der Waals surface area contributed by atoms with Crippen LogP contribution in [0.5, 0.6) is 11.9 Å². The monoisotopic (exact) mass is 720 g/mol. The fourth-order valence-electron chi connectivity index (χ4n) is 9.60. The molecule has 9 rings (SSSR count). The molecule has 5 aliphatic heterocycles. The molecule has 7 heterocycles. The molecule has 0 saturated carbocycles. The molecule has 274 valence electrons. The molecule has 2 aromatic carbocycles. The Morgan fingerprint density at radius 3 is 2.77 bits per heavy atom.